The Morgan fingerprint density at radius 3 is 2.43 bits per heavy atom. The van der Waals surface area contributed by atoms with E-state index in [2.05, 4.69) is 10.3 Å². The number of alkyl halides is 2. The topological polar surface area (TPSA) is 89.9 Å². The minimum atomic E-state index is -3.55. The van der Waals surface area contributed by atoms with Crippen LogP contribution in [0.1, 0.15) is 16.1 Å². The predicted molar refractivity (Wildman–Crippen MR) is 123 cm³/mol. The van der Waals surface area contributed by atoms with Gasteiger partial charge >= 0.3 is 5.92 Å². The van der Waals surface area contributed by atoms with E-state index in [4.69, 9.17) is 30.9 Å². The Kier molecular flexibility index (Phi) is 8.42. The fourth-order valence-corrected chi connectivity index (χ4v) is 3.31. The van der Waals surface area contributed by atoms with Crippen molar-refractivity contribution in [2.45, 2.75) is 5.92 Å². The number of pyridine rings is 1. The van der Waals surface area contributed by atoms with Gasteiger partial charge in [-0.05, 0) is 48.5 Å². The Hall–Kier alpha value is -3.50. The second-order valence-corrected chi connectivity index (χ2v) is 7.61. The quantitative estimate of drug-likeness (QED) is 0.419. The number of carbonyl (C=O) groups is 1. The van der Waals surface area contributed by atoms with Crippen LogP contribution in [-0.2, 0) is 5.92 Å². The molecule has 0 unspecified atom stereocenters. The molecule has 0 atom stereocenters. The highest BCUT2D eigenvalue weighted by Crippen LogP contribution is 2.35. The number of hydrogen-bond donors (Lipinski definition) is 2. The zero-order valence-electron chi connectivity index (χ0n) is 18.8. The number of methoxy groups -OCH3 is 2. The smallest absolute Gasteiger partial charge is 0.306 e. The van der Waals surface area contributed by atoms with Gasteiger partial charge in [-0.1, -0.05) is 11.6 Å². The Morgan fingerprint density at radius 2 is 1.77 bits per heavy atom. The predicted octanol–water partition coefficient (Wildman–Crippen LogP) is 4.45. The number of hydrogen-bond acceptors (Lipinski definition) is 6. The summed E-state index contributed by atoms with van der Waals surface area (Å²) in [6.07, 6.45) is 0. The number of aliphatic hydroxyl groups is 1. The van der Waals surface area contributed by atoms with Gasteiger partial charge in [0.2, 0.25) is 0 Å². The first kappa shape index (κ1) is 26.1. The molecule has 1 aromatic heterocycles. The zero-order valence-corrected chi connectivity index (χ0v) is 19.5. The first-order valence-electron chi connectivity index (χ1n) is 10.3. The molecular formula is C24H22ClF3N2O5. The molecule has 35 heavy (non-hydrogen) atoms. The van der Waals surface area contributed by atoms with Crippen LogP contribution in [0.25, 0.3) is 11.3 Å². The van der Waals surface area contributed by atoms with Gasteiger partial charge in [-0.15, -0.1) is 0 Å². The van der Waals surface area contributed by atoms with Crippen LogP contribution in [0.15, 0.2) is 48.5 Å². The molecule has 0 spiro atoms. The average molecular weight is 511 g/mol. The molecule has 0 saturated heterocycles. The summed E-state index contributed by atoms with van der Waals surface area (Å²) in [6.45, 7) is -1.23. The minimum absolute atomic E-state index is 0.0229. The maximum atomic E-state index is 15.0. The van der Waals surface area contributed by atoms with E-state index < -0.39 is 29.9 Å². The highest BCUT2D eigenvalue weighted by atomic mass is 35.5. The van der Waals surface area contributed by atoms with Crippen LogP contribution < -0.4 is 19.5 Å². The molecule has 0 aliphatic rings. The van der Waals surface area contributed by atoms with Gasteiger partial charge in [0.25, 0.3) is 5.91 Å². The summed E-state index contributed by atoms with van der Waals surface area (Å²) in [5.41, 5.74) is -0.232. The molecule has 1 amide bonds. The number of halogens is 4. The third-order valence-electron chi connectivity index (χ3n) is 4.89. The van der Waals surface area contributed by atoms with E-state index in [-0.39, 0.29) is 46.6 Å². The molecule has 7 nitrogen and oxygen atoms in total. The van der Waals surface area contributed by atoms with Crippen molar-refractivity contribution in [1.29, 1.82) is 0 Å². The zero-order chi connectivity index (χ0) is 25.6. The summed E-state index contributed by atoms with van der Waals surface area (Å²) in [5.74, 6) is -4.29. The molecule has 0 saturated carbocycles. The molecule has 2 N–H and O–H groups in total. The van der Waals surface area contributed by atoms with Gasteiger partial charge in [-0.3, -0.25) is 4.79 Å². The lowest BCUT2D eigenvalue weighted by atomic mass is 10.1. The maximum Gasteiger partial charge on any atom is 0.306 e. The van der Waals surface area contributed by atoms with Gasteiger partial charge in [0, 0.05) is 11.1 Å². The van der Waals surface area contributed by atoms with E-state index >= 15 is 0 Å². The molecule has 0 aliphatic carbocycles. The molecule has 0 radical (unpaired) electrons. The molecule has 11 heteroatoms. The monoisotopic (exact) mass is 510 g/mol. The van der Waals surface area contributed by atoms with Crippen LogP contribution in [0.2, 0.25) is 5.02 Å². The van der Waals surface area contributed by atoms with Crippen molar-refractivity contribution in [2.24, 2.45) is 0 Å². The van der Waals surface area contributed by atoms with Gasteiger partial charge in [-0.2, -0.15) is 8.78 Å². The number of benzene rings is 2. The van der Waals surface area contributed by atoms with Gasteiger partial charge in [0.15, 0.2) is 11.5 Å². The number of aliphatic hydroxyl groups excluding tert-OH is 1. The fourth-order valence-electron chi connectivity index (χ4n) is 3.13. The van der Waals surface area contributed by atoms with Crippen LogP contribution >= 0.6 is 11.6 Å². The van der Waals surface area contributed by atoms with Gasteiger partial charge in [0.1, 0.15) is 29.6 Å². The lowest BCUT2D eigenvalue weighted by molar-refractivity contribution is -0.00671. The number of nitrogens with one attached hydrogen (secondary N) is 1. The Bertz CT molecular complexity index is 1210. The van der Waals surface area contributed by atoms with Crippen LogP contribution in [0.4, 0.5) is 13.2 Å². The maximum absolute atomic E-state index is 15.0. The lowest BCUT2D eigenvalue weighted by Gasteiger charge is -2.19. The molecule has 186 valence electrons. The van der Waals surface area contributed by atoms with E-state index in [1.54, 1.807) is 0 Å². The average Bonchev–Trinajstić information content (AvgIpc) is 2.87. The molecule has 0 bridgehead atoms. The van der Waals surface area contributed by atoms with Crippen LogP contribution in [0, 0.1) is 5.82 Å². The van der Waals surface area contributed by atoms with Gasteiger partial charge < -0.3 is 24.6 Å². The lowest BCUT2D eigenvalue weighted by Crippen LogP contribution is -2.35. The second-order valence-electron chi connectivity index (χ2n) is 7.20. The first-order valence-corrected chi connectivity index (χ1v) is 10.7. The number of carbonyl (C=O) groups excluding carboxylic acids is 1. The van der Waals surface area contributed by atoms with E-state index in [0.29, 0.717) is 5.75 Å². The summed E-state index contributed by atoms with van der Waals surface area (Å²) < 4.78 is 59.1. The van der Waals surface area contributed by atoms with E-state index in [0.717, 1.165) is 12.1 Å². The SMILES string of the molecule is COc1cc(C(=O)NCC(F)(F)c2ccc(OC)c(-c3ccc(F)c(Cl)c3)n2)ccc1OCCO. The molecule has 0 fully saturated rings. The largest absolute Gasteiger partial charge is 0.494 e. The van der Waals surface area contributed by atoms with E-state index in [1.165, 1.54) is 50.6 Å². The Balaban J connectivity index is 1.80. The fraction of sp³-hybridized carbons (Fsp3) is 0.250. The molecule has 0 aliphatic heterocycles. The Labute approximate surface area is 204 Å². The van der Waals surface area contributed by atoms with Crippen molar-refractivity contribution in [2.75, 3.05) is 34.0 Å². The van der Waals surface area contributed by atoms with Crippen molar-refractivity contribution in [3.8, 4) is 28.5 Å². The number of amides is 1. The molecule has 3 rings (SSSR count). The highest BCUT2D eigenvalue weighted by Gasteiger charge is 2.35. The summed E-state index contributed by atoms with van der Waals surface area (Å²) in [4.78, 5) is 16.5. The number of rotatable bonds is 10. The summed E-state index contributed by atoms with van der Waals surface area (Å²) in [6, 6.07) is 10.2. The number of ether oxygens (including phenoxy) is 3. The third kappa shape index (κ3) is 6.14. The van der Waals surface area contributed by atoms with Crippen molar-refractivity contribution in [3.63, 3.8) is 0 Å². The standard InChI is InChI=1S/C24H22ClF3N2O5/c1-33-19-7-8-21(30-22(19)14-3-5-17(26)16(25)11-14)24(27,28)13-29-23(32)15-4-6-18(35-10-9-31)20(12-15)34-2/h3-8,11-12,31H,9-10,13H2,1-2H3,(H,29,32). The summed E-state index contributed by atoms with van der Waals surface area (Å²) in [7, 11) is 2.70. The van der Waals surface area contributed by atoms with E-state index in [9.17, 15) is 18.0 Å². The number of nitrogens with zero attached hydrogens (tertiary/aromatic N) is 1. The third-order valence-corrected chi connectivity index (χ3v) is 5.18. The van der Waals surface area contributed by atoms with Crippen LogP contribution in [-0.4, -0.2) is 50.0 Å². The molecule has 3 aromatic rings. The highest BCUT2D eigenvalue weighted by molar-refractivity contribution is 6.31. The first-order chi connectivity index (χ1) is 16.7. The molecular weight excluding hydrogens is 489 g/mol. The van der Waals surface area contributed by atoms with Crippen molar-refractivity contribution in [3.05, 3.63) is 70.6 Å². The van der Waals surface area contributed by atoms with Crippen molar-refractivity contribution < 1.29 is 37.3 Å². The Morgan fingerprint density at radius 1 is 1.06 bits per heavy atom. The second kappa shape index (κ2) is 11.3. The van der Waals surface area contributed by atoms with Crippen LogP contribution in [0.5, 0.6) is 17.2 Å². The summed E-state index contributed by atoms with van der Waals surface area (Å²) >= 11 is 5.82. The normalized spacial score (nSPS) is 11.2. The van der Waals surface area contributed by atoms with Crippen molar-refractivity contribution >= 4 is 17.5 Å². The van der Waals surface area contributed by atoms with Crippen LogP contribution in [0.3, 0.4) is 0 Å². The van der Waals surface area contributed by atoms with Gasteiger partial charge in [-0.25, -0.2) is 9.37 Å². The molecule has 2 aromatic carbocycles. The van der Waals surface area contributed by atoms with Crippen molar-refractivity contribution in [1.82, 2.24) is 10.3 Å². The number of aromatic nitrogens is 1. The molecule has 1 heterocycles. The van der Waals surface area contributed by atoms with Gasteiger partial charge in [0.05, 0.1) is 32.4 Å². The minimum Gasteiger partial charge on any atom is -0.494 e. The summed E-state index contributed by atoms with van der Waals surface area (Å²) in [5, 5.41) is 10.9. The van der Waals surface area contributed by atoms with E-state index in [1.807, 2.05) is 0 Å².